The molecular weight excluding hydrogens is 742 g/mol. The number of cyclic esters (lactones) is 1. The average Bonchev–Trinajstić information content (AvgIpc) is 3.69. The minimum absolute atomic E-state index is 0.0127. The van der Waals surface area contributed by atoms with Crippen LogP contribution in [0.2, 0.25) is 0 Å². The molecule has 15 heteroatoms. The summed E-state index contributed by atoms with van der Waals surface area (Å²) in [6, 6.07) is 2.57. The van der Waals surface area contributed by atoms with Crippen LogP contribution in [0.1, 0.15) is 91.3 Å². The van der Waals surface area contributed by atoms with Crippen LogP contribution in [-0.2, 0) is 53.8 Å². The number of nitrogens with one attached hydrogen (secondary N) is 2. The van der Waals surface area contributed by atoms with Crippen LogP contribution in [0.4, 0.5) is 4.39 Å². The lowest BCUT2D eigenvalue weighted by molar-refractivity contribution is -0.172. The van der Waals surface area contributed by atoms with Crippen molar-refractivity contribution in [2.24, 2.45) is 0 Å². The first-order chi connectivity index (χ1) is 27.0. The fraction of sp³-hybridized carbons (Fsp3) is 0.512. The van der Waals surface area contributed by atoms with Crippen molar-refractivity contribution >= 4 is 46.4 Å². The van der Waals surface area contributed by atoms with Crippen LogP contribution in [0.5, 0.6) is 0 Å². The Labute approximate surface area is 328 Å². The van der Waals surface area contributed by atoms with Crippen molar-refractivity contribution in [2.45, 2.75) is 95.3 Å². The van der Waals surface area contributed by atoms with E-state index in [1.165, 1.54) is 22.7 Å². The Bertz CT molecular complexity index is 2190. The highest BCUT2D eigenvalue weighted by molar-refractivity contribution is 8.00. The Kier molecular flexibility index (Phi) is 11.8. The van der Waals surface area contributed by atoms with E-state index >= 15 is 4.39 Å². The molecule has 1 saturated heterocycles. The smallest absolute Gasteiger partial charge is 0.343 e. The van der Waals surface area contributed by atoms with Gasteiger partial charge >= 0.3 is 5.97 Å². The predicted molar refractivity (Wildman–Crippen MR) is 208 cm³/mol. The molecule has 7 rings (SSSR count). The van der Waals surface area contributed by atoms with Gasteiger partial charge in [-0.2, -0.15) is 11.8 Å². The van der Waals surface area contributed by atoms with E-state index < -0.39 is 23.2 Å². The van der Waals surface area contributed by atoms with Gasteiger partial charge in [0.2, 0.25) is 17.7 Å². The second kappa shape index (κ2) is 16.6. The largest absolute Gasteiger partial charge is 0.458 e. The third kappa shape index (κ3) is 7.30. The highest BCUT2D eigenvalue weighted by Gasteiger charge is 2.46. The molecule has 1 unspecified atom stereocenters. The Hall–Kier alpha value is -4.44. The molecule has 1 aliphatic carbocycles. The number of aryl methyl sites for hydroxylation is 1. The highest BCUT2D eigenvalue weighted by Crippen LogP contribution is 2.46. The fourth-order valence-electron chi connectivity index (χ4n) is 8.41. The number of benzene rings is 1. The summed E-state index contributed by atoms with van der Waals surface area (Å²) in [6.07, 6.45) is 11.0. The van der Waals surface area contributed by atoms with E-state index in [1.807, 2.05) is 12.3 Å². The Balaban J connectivity index is 0.935. The first-order valence-corrected chi connectivity index (χ1v) is 20.7. The van der Waals surface area contributed by atoms with Crippen LogP contribution < -0.4 is 16.2 Å². The minimum Gasteiger partial charge on any atom is -0.458 e. The predicted octanol–water partition coefficient (Wildman–Crippen LogP) is 3.84. The van der Waals surface area contributed by atoms with Gasteiger partial charge in [0.1, 0.15) is 19.0 Å². The number of nitrogens with zero attached hydrogens (tertiary/aromatic N) is 3. The molecule has 3 N–H and O–H groups in total. The standard InChI is InChI=1S/C41H48FN5O8S/c1-4-41(53)27-17-31-37-25(20-47(31)38(50)26(27)21-55-40(41)52)36-29(12-11-24-23(2)28(42)18-30(45-37)35(24)36)44-33(48)22-54-16-14-43-13-9-7-5-6-8-10-15-46-34(49)19-32(56-3)39(46)51/h7,9,17-18,29,32,43,53H,4-6,8,10-16,19-22H2,1-3H3,(H,44,48)/t29-,32?,41-/m0/s1. The molecule has 0 radical (unpaired) electrons. The Morgan fingerprint density at radius 3 is 2.75 bits per heavy atom. The molecular formula is C41H48FN5O8S. The zero-order valence-electron chi connectivity index (χ0n) is 32.0. The first-order valence-electron chi connectivity index (χ1n) is 19.4. The van der Waals surface area contributed by atoms with Gasteiger partial charge in [0.05, 0.1) is 46.9 Å². The van der Waals surface area contributed by atoms with E-state index in [0.29, 0.717) is 68.0 Å². The monoisotopic (exact) mass is 789 g/mol. The molecule has 3 amide bonds. The summed E-state index contributed by atoms with van der Waals surface area (Å²) in [5.41, 5.74) is 2.20. The number of pyridine rings is 2. The van der Waals surface area contributed by atoms with E-state index in [1.54, 1.807) is 24.5 Å². The van der Waals surface area contributed by atoms with Crippen molar-refractivity contribution < 1.29 is 38.1 Å². The number of imide groups is 1. The molecule has 3 aromatic rings. The topological polar surface area (TPSA) is 169 Å². The van der Waals surface area contributed by atoms with Gasteiger partial charge in [-0.3, -0.25) is 24.1 Å². The van der Waals surface area contributed by atoms with Gasteiger partial charge in [0.15, 0.2) is 5.60 Å². The molecule has 5 heterocycles. The molecule has 2 aromatic heterocycles. The maximum Gasteiger partial charge on any atom is 0.343 e. The van der Waals surface area contributed by atoms with Crippen molar-refractivity contribution in [2.75, 3.05) is 39.1 Å². The molecule has 1 aromatic carbocycles. The SMILES string of the molecule is CC[C@@]1(O)C(=O)OCc2c1cc1n(c2=O)Cc2c-1nc1cc(F)c(C)c3c1c2[C@@H](NC(=O)COCCNCC=CCCCCCN1C(=O)CC(SC)C1=O)CC3. The number of aromatic nitrogens is 2. The molecule has 1 fully saturated rings. The number of fused-ring (bicyclic) bond motifs is 5. The molecule has 0 saturated carbocycles. The lowest BCUT2D eigenvalue weighted by Crippen LogP contribution is -2.44. The van der Waals surface area contributed by atoms with Gasteiger partial charge in [-0.05, 0) is 74.5 Å². The van der Waals surface area contributed by atoms with E-state index in [9.17, 15) is 29.1 Å². The molecule has 13 nitrogen and oxygen atoms in total. The van der Waals surface area contributed by atoms with Crippen molar-refractivity contribution in [3.63, 3.8) is 0 Å². The number of amides is 3. The normalized spacial score (nSPS) is 21.2. The molecule has 3 aliphatic heterocycles. The fourth-order valence-corrected chi connectivity index (χ4v) is 9.05. The molecule has 4 aliphatic rings. The number of thioether (sulfide) groups is 1. The van der Waals surface area contributed by atoms with Crippen molar-refractivity contribution in [1.29, 1.82) is 0 Å². The number of esters is 1. The number of carbonyl (C=O) groups excluding carboxylic acids is 4. The third-order valence-electron chi connectivity index (χ3n) is 11.5. The summed E-state index contributed by atoms with van der Waals surface area (Å²) < 4.78 is 27.7. The van der Waals surface area contributed by atoms with Crippen molar-refractivity contribution in [3.8, 4) is 11.4 Å². The number of hydrogen-bond acceptors (Lipinski definition) is 11. The van der Waals surface area contributed by atoms with Gasteiger partial charge in [0.25, 0.3) is 5.56 Å². The third-order valence-corrected chi connectivity index (χ3v) is 12.5. The zero-order chi connectivity index (χ0) is 39.7. The van der Waals surface area contributed by atoms with Gasteiger partial charge in [-0.15, -0.1) is 0 Å². The summed E-state index contributed by atoms with van der Waals surface area (Å²) in [7, 11) is 0. The number of carbonyl (C=O) groups is 4. The maximum atomic E-state index is 15.2. The van der Waals surface area contributed by atoms with Crippen LogP contribution in [0.25, 0.3) is 22.3 Å². The molecule has 3 atom stereocenters. The number of rotatable bonds is 16. The van der Waals surface area contributed by atoms with E-state index in [4.69, 9.17) is 14.5 Å². The summed E-state index contributed by atoms with van der Waals surface area (Å²) >= 11 is 1.43. The summed E-state index contributed by atoms with van der Waals surface area (Å²) in [5.74, 6) is -1.62. The van der Waals surface area contributed by atoms with Crippen molar-refractivity contribution in [3.05, 3.63) is 73.8 Å². The molecule has 56 heavy (non-hydrogen) atoms. The van der Waals surface area contributed by atoms with Gasteiger partial charge in [-0.1, -0.05) is 25.5 Å². The van der Waals surface area contributed by atoms with Crippen LogP contribution in [-0.4, -0.2) is 87.6 Å². The van der Waals surface area contributed by atoms with Crippen LogP contribution >= 0.6 is 11.8 Å². The minimum atomic E-state index is -1.98. The number of allylic oxidation sites excluding steroid dienone is 1. The number of halogens is 1. The Morgan fingerprint density at radius 1 is 1.16 bits per heavy atom. The second-order valence-corrected chi connectivity index (χ2v) is 15.9. The van der Waals surface area contributed by atoms with Crippen LogP contribution in [0.3, 0.4) is 0 Å². The number of likely N-dealkylation sites (tertiary alicyclic amines) is 1. The molecule has 298 valence electrons. The van der Waals surface area contributed by atoms with E-state index in [2.05, 4.69) is 16.7 Å². The number of aliphatic hydroxyl groups is 1. The Morgan fingerprint density at radius 2 is 1.98 bits per heavy atom. The number of ether oxygens (including phenoxy) is 2. The zero-order valence-corrected chi connectivity index (χ0v) is 32.8. The van der Waals surface area contributed by atoms with Gasteiger partial charge in [0, 0.05) is 48.6 Å². The number of unbranched alkanes of at least 4 members (excludes halogenated alkanes) is 3. The lowest BCUT2D eigenvalue weighted by Gasteiger charge is -2.31. The van der Waals surface area contributed by atoms with E-state index in [0.717, 1.165) is 47.8 Å². The summed E-state index contributed by atoms with van der Waals surface area (Å²) in [4.78, 5) is 70.3. The average molecular weight is 790 g/mol. The molecule has 0 bridgehead atoms. The number of hydrogen-bond donors (Lipinski definition) is 3. The van der Waals surface area contributed by atoms with E-state index in [-0.39, 0.29) is 66.1 Å². The van der Waals surface area contributed by atoms with Gasteiger partial charge < -0.3 is 29.8 Å². The summed E-state index contributed by atoms with van der Waals surface area (Å²) in [6.45, 7) is 5.17. The first kappa shape index (κ1) is 39.8. The van der Waals surface area contributed by atoms with Crippen LogP contribution in [0, 0.1) is 12.7 Å². The molecule has 0 spiro atoms. The summed E-state index contributed by atoms with van der Waals surface area (Å²) in [5, 5.41) is 18.2. The highest BCUT2D eigenvalue weighted by atomic mass is 32.2. The maximum absolute atomic E-state index is 15.2. The lowest BCUT2D eigenvalue weighted by atomic mass is 9.81. The van der Waals surface area contributed by atoms with Gasteiger partial charge in [-0.25, -0.2) is 14.2 Å². The van der Waals surface area contributed by atoms with Crippen molar-refractivity contribution in [1.82, 2.24) is 25.1 Å². The quantitative estimate of drug-likeness (QED) is 0.0653. The van der Waals surface area contributed by atoms with Crippen LogP contribution in [0.15, 0.2) is 29.1 Å². The second-order valence-electron chi connectivity index (χ2n) is 14.9.